The molecule has 1 heterocycles. The summed E-state index contributed by atoms with van der Waals surface area (Å²) in [5, 5.41) is 4.02. The highest BCUT2D eigenvalue weighted by Crippen LogP contribution is 2.18. The summed E-state index contributed by atoms with van der Waals surface area (Å²) in [6.45, 7) is 8.74. The first kappa shape index (κ1) is 19.6. The second-order valence-corrected chi connectivity index (χ2v) is 6.82. The van der Waals surface area contributed by atoms with Crippen molar-refractivity contribution >= 4 is 5.91 Å². The predicted molar refractivity (Wildman–Crippen MR) is 107 cm³/mol. The van der Waals surface area contributed by atoms with Gasteiger partial charge in [0.25, 0.3) is 5.91 Å². The van der Waals surface area contributed by atoms with Crippen LogP contribution in [-0.4, -0.2) is 34.1 Å². The van der Waals surface area contributed by atoms with Crippen LogP contribution in [0.1, 0.15) is 29.5 Å². The summed E-state index contributed by atoms with van der Waals surface area (Å²) in [5.41, 5.74) is 4.37. The van der Waals surface area contributed by atoms with Crippen molar-refractivity contribution in [2.75, 3.05) is 13.2 Å². The van der Waals surface area contributed by atoms with Gasteiger partial charge in [0.1, 0.15) is 12.3 Å². The van der Waals surface area contributed by atoms with E-state index >= 15 is 0 Å². The number of aryl methyl sites for hydroxylation is 3. The first-order valence-corrected chi connectivity index (χ1v) is 9.33. The lowest BCUT2D eigenvalue weighted by Crippen LogP contribution is -2.34. The van der Waals surface area contributed by atoms with Crippen LogP contribution in [-0.2, 0) is 11.3 Å². The third-order valence-corrected chi connectivity index (χ3v) is 4.68. The van der Waals surface area contributed by atoms with E-state index in [4.69, 9.17) is 9.26 Å². The molecule has 0 aliphatic rings. The molecular weight excluding hydrogens is 354 g/mol. The van der Waals surface area contributed by atoms with E-state index in [1.54, 1.807) is 4.90 Å². The monoisotopic (exact) mass is 379 g/mol. The topological polar surface area (TPSA) is 68.5 Å². The lowest BCUT2D eigenvalue weighted by atomic mass is 10.1. The fraction of sp³-hybridized carbons (Fsp3) is 0.318. The van der Waals surface area contributed by atoms with Gasteiger partial charge in [-0.25, -0.2) is 0 Å². The van der Waals surface area contributed by atoms with Crippen LogP contribution in [0, 0.1) is 20.8 Å². The van der Waals surface area contributed by atoms with Crippen LogP contribution in [0.3, 0.4) is 0 Å². The summed E-state index contributed by atoms with van der Waals surface area (Å²) in [5.74, 6) is 1.48. The Morgan fingerprint density at radius 1 is 1.07 bits per heavy atom. The number of nitrogens with zero attached hydrogens (tertiary/aromatic N) is 3. The van der Waals surface area contributed by atoms with Gasteiger partial charge in [-0.1, -0.05) is 41.1 Å². The van der Waals surface area contributed by atoms with Crippen molar-refractivity contribution in [1.82, 2.24) is 15.0 Å². The summed E-state index contributed by atoms with van der Waals surface area (Å²) < 4.78 is 11.0. The summed E-state index contributed by atoms with van der Waals surface area (Å²) >= 11 is 0. The minimum absolute atomic E-state index is 0.0324. The van der Waals surface area contributed by atoms with E-state index in [-0.39, 0.29) is 19.1 Å². The van der Waals surface area contributed by atoms with E-state index in [2.05, 4.69) is 10.1 Å². The van der Waals surface area contributed by atoms with Gasteiger partial charge in [0.2, 0.25) is 11.7 Å². The van der Waals surface area contributed by atoms with Gasteiger partial charge in [0, 0.05) is 12.1 Å². The minimum atomic E-state index is -0.129. The molecule has 6 heteroatoms. The Hall–Kier alpha value is -3.15. The molecule has 0 unspecified atom stereocenters. The molecule has 0 saturated heterocycles. The molecule has 3 aromatic rings. The molecule has 0 bridgehead atoms. The van der Waals surface area contributed by atoms with Crippen molar-refractivity contribution in [2.45, 2.75) is 34.2 Å². The molecule has 0 aliphatic heterocycles. The zero-order valence-electron chi connectivity index (χ0n) is 16.7. The molecule has 1 aromatic heterocycles. The average molecular weight is 379 g/mol. The lowest BCUT2D eigenvalue weighted by Gasteiger charge is -2.19. The zero-order chi connectivity index (χ0) is 20.1. The Balaban J connectivity index is 1.61. The maximum atomic E-state index is 12.5. The van der Waals surface area contributed by atoms with Gasteiger partial charge in [0.05, 0.1) is 0 Å². The molecule has 0 spiro atoms. The molecule has 0 N–H and O–H groups in total. The normalized spacial score (nSPS) is 10.7. The highest BCUT2D eigenvalue weighted by molar-refractivity contribution is 5.77. The Kier molecular flexibility index (Phi) is 6.09. The second-order valence-electron chi connectivity index (χ2n) is 6.82. The fourth-order valence-electron chi connectivity index (χ4n) is 2.72. The van der Waals surface area contributed by atoms with Crippen molar-refractivity contribution in [1.29, 1.82) is 0 Å². The zero-order valence-corrected chi connectivity index (χ0v) is 16.7. The molecule has 6 nitrogen and oxygen atoms in total. The Morgan fingerprint density at radius 3 is 2.50 bits per heavy atom. The highest BCUT2D eigenvalue weighted by atomic mass is 16.5. The van der Waals surface area contributed by atoms with Crippen molar-refractivity contribution in [3.05, 3.63) is 65.0 Å². The minimum Gasteiger partial charge on any atom is -0.484 e. The molecule has 2 aromatic carbocycles. The highest BCUT2D eigenvalue weighted by Gasteiger charge is 2.17. The van der Waals surface area contributed by atoms with E-state index in [9.17, 15) is 4.79 Å². The molecule has 3 rings (SSSR count). The van der Waals surface area contributed by atoms with Crippen molar-refractivity contribution in [3.63, 3.8) is 0 Å². The van der Waals surface area contributed by atoms with Crippen molar-refractivity contribution < 1.29 is 14.1 Å². The SMILES string of the molecule is CCN(Cc1nc(-c2ccc(C)cc2)no1)C(=O)COc1ccc(C)c(C)c1. The van der Waals surface area contributed by atoms with Crippen molar-refractivity contribution in [3.8, 4) is 17.1 Å². The van der Waals surface area contributed by atoms with Crippen LogP contribution in [0.4, 0.5) is 0 Å². The Bertz CT molecular complexity index is 948. The first-order valence-electron chi connectivity index (χ1n) is 9.33. The maximum absolute atomic E-state index is 12.5. The molecule has 0 fully saturated rings. The number of aromatic nitrogens is 2. The number of hydrogen-bond donors (Lipinski definition) is 0. The van der Waals surface area contributed by atoms with Crippen LogP contribution < -0.4 is 4.74 Å². The van der Waals surface area contributed by atoms with Gasteiger partial charge < -0.3 is 14.2 Å². The van der Waals surface area contributed by atoms with Gasteiger partial charge >= 0.3 is 0 Å². The molecule has 0 saturated carbocycles. The number of carbonyl (C=O) groups is 1. The summed E-state index contributed by atoms with van der Waals surface area (Å²) in [7, 11) is 0. The predicted octanol–water partition coefficient (Wildman–Crippen LogP) is 4.09. The third kappa shape index (κ3) is 4.76. The fourth-order valence-corrected chi connectivity index (χ4v) is 2.72. The molecule has 0 radical (unpaired) electrons. The number of carbonyl (C=O) groups excluding carboxylic acids is 1. The quantitative estimate of drug-likeness (QED) is 0.618. The Morgan fingerprint density at radius 2 is 1.82 bits per heavy atom. The number of amides is 1. The molecule has 28 heavy (non-hydrogen) atoms. The number of benzene rings is 2. The number of hydrogen-bond acceptors (Lipinski definition) is 5. The molecule has 1 amide bonds. The molecule has 146 valence electrons. The molecule has 0 aliphatic carbocycles. The van der Waals surface area contributed by atoms with Gasteiger partial charge in [-0.15, -0.1) is 0 Å². The molecular formula is C22H25N3O3. The van der Waals surface area contributed by atoms with Gasteiger partial charge in [-0.2, -0.15) is 4.98 Å². The number of ether oxygens (including phenoxy) is 1. The van der Waals surface area contributed by atoms with Crippen LogP contribution in [0.5, 0.6) is 5.75 Å². The summed E-state index contributed by atoms with van der Waals surface area (Å²) in [4.78, 5) is 18.6. The smallest absolute Gasteiger partial charge is 0.260 e. The van der Waals surface area contributed by atoms with E-state index in [1.807, 2.05) is 70.2 Å². The summed E-state index contributed by atoms with van der Waals surface area (Å²) in [6, 6.07) is 13.7. The summed E-state index contributed by atoms with van der Waals surface area (Å²) in [6.07, 6.45) is 0. The van der Waals surface area contributed by atoms with Crippen molar-refractivity contribution in [2.24, 2.45) is 0 Å². The maximum Gasteiger partial charge on any atom is 0.260 e. The Labute approximate surface area is 165 Å². The lowest BCUT2D eigenvalue weighted by molar-refractivity contribution is -0.134. The second kappa shape index (κ2) is 8.69. The van der Waals surface area contributed by atoms with Gasteiger partial charge in [0.15, 0.2) is 6.61 Å². The first-order chi connectivity index (χ1) is 13.5. The third-order valence-electron chi connectivity index (χ3n) is 4.68. The standard InChI is InChI=1S/C22H25N3O3/c1-5-25(21(26)14-27-19-11-8-16(3)17(4)12-19)13-20-23-22(24-28-20)18-9-6-15(2)7-10-18/h6-12H,5,13-14H2,1-4H3. The van der Waals surface area contributed by atoms with E-state index < -0.39 is 0 Å². The molecule has 0 atom stereocenters. The largest absolute Gasteiger partial charge is 0.484 e. The van der Waals surface area contributed by atoms with Crippen LogP contribution >= 0.6 is 0 Å². The number of rotatable bonds is 7. The van der Waals surface area contributed by atoms with Crippen LogP contribution in [0.25, 0.3) is 11.4 Å². The van der Waals surface area contributed by atoms with Gasteiger partial charge in [-0.05, 0) is 51.0 Å². The van der Waals surface area contributed by atoms with E-state index in [0.717, 1.165) is 11.1 Å². The van der Waals surface area contributed by atoms with Crippen LogP contribution in [0.2, 0.25) is 0 Å². The van der Waals surface area contributed by atoms with Crippen LogP contribution in [0.15, 0.2) is 47.0 Å². The number of likely N-dealkylation sites (N-methyl/N-ethyl adjacent to an activating group) is 1. The van der Waals surface area contributed by atoms with E-state index in [1.165, 1.54) is 11.1 Å². The average Bonchev–Trinajstić information content (AvgIpc) is 3.16. The van der Waals surface area contributed by atoms with E-state index in [0.29, 0.717) is 24.0 Å². The van der Waals surface area contributed by atoms with Gasteiger partial charge in [-0.3, -0.25) is 4.79 Å².